The minimum atomic E-state index is -0.494. The number of anilines is 2. The first-order valence-electron chi connectivity index (χ1n) is 12.9. The number of piperazine rings is 1. The number of benzene rings is 1. The maximum atomic E-state index is 13.2. The molecule has 1 aliphatic heterocycles. The van der Waals surface area contributed by atoms with Gasteiger partial charge in [-0.25, -0.2) is 4.98 Å². The van der Waals surface area contributed by atoms with Crippen LogP contribution >= 0.6 is 0 Å². The lowest BCUT2D eigenvalue weighted by Crippen LogP contribution is -2.61. The molecule has 5 aliphatic rings. The van der Waals surface area contributed by atoms with Crippen molar-refractivity contribution in [2.45, 2.75) is 56.7 Å². The Bertz CT molecular complexity index is 1140. The number of nitrogens with zero attached hydrogens (tertiary/aromatic N) is 4. The van der Waals surface area contributed by atoms with E-state index in [0.717, 1.165) is 63.2 Å². The standard InChI is InChI=1S/C28H33N5O2/c1-18-17-32(23-7-5-19(16-29)6-8-23)9-10-33(18)25-4-2-3-24(30-25)27(34)31-26-21-11-20-12-22(26)15-28(35,13-20)14-21/h2-8,18,20-22,26,35H,9-15,17H2,1H3,(H,31,34)/t18-,20?,21?,22?,26?,28?/m1/s1. The van der Waals surface area contributed by atoms with Crippen molar-refractivity contribution in [1.82, 2.24) is 10.3 Å². The highest BCUT2D eigenvalue weighted by molar-refractivity contribution is 5.93. The van der Waals surface area contributed by atoms with E-state index in [1.54, 1.807) is 6.07 Å². The molecule has 0 radical (unpaired) electrons. The Balaban J connectivity index is 1.12. The summed E-state index contributed by atoms with van der Waals surface area (Å²) in [5.41, 5.74) is 1.77. The summed E-state index contributed by atoms with van der Waals surface area (Å²) in [5, 5.41) is 23.2. The maximum Gasteiger partial charge on any atom is 0.270 e. The molecular weight excluding hydrogens is 438 g/mol. The van der Waals surface area contributed by atoms with Crippen LogP contribution in [0.25, 0.3) is 0 Å². The zero-order valence-electron chi connectivity index (χ0n) is 20.2. The van der Waals surface area contributed by atoms with Gasteiger partial charge in [-0.3, -0.25) is 4.79 Å². The first-order valence-corrected chi connectivity index (χ1v) is 12.9. The van der Waals surface area contributed by atoms with Crippen LogP contribution in [0.15, 0.2) is 42.5 Å². The van der Waals surface area contributed by atoms with Crippen molar-refractivity contribution in [3.8, 4) is 6.07 Å². The van der Waals surface area contributed by atoms with Gasteiger partial charge in [0.25, 0.3) is 5.91 Å². The fraction of sp³-hybridized carbons (Fsp3) is 0.536. The molecule has 0 spiro atoms. The molecular formula is C28H33N5O2. The Hall–Kier alpha value is -3.11. The van der Waals surface area contributed by atoms with Crippen molar-refractivity contribution in [1.29, 1.82) is 5.26 Å². The number of aromatic nitrogens is 1. The number of nitriles is 1. The van der Waals surface area contributed by atoms with Crippen molar-refractivity contribution in [2.75, 3.05) is 29.4 Å². The fourth-order valence-corrected chi connectivity index (χ4v) is 7.43. The average molecular weight is 472 g/mol. The van der Waals surface area contributed by atoms with Crippen LogP contribution in [0.3, 0.4) is 0 Å². The average Bonchev–Trinajstić information content (AvgIpc) is 2.85. The highest BCUT2D eigenvalue weighted by Gasteiger charge is 2.55. The number of carbonyl (C=O) groups excluding carboxylic acids is 1. The molecule has 4 bridgehead atoms. The zero-order chi connectivity index (χ0) is 24.2. The summed E-state index contributed by atoms with van der Waals surface area (Å²) in [5.74, 6) is 2.13. The number of hydrogen-bond acceptors (Lipinski definition) is 6. The van der Waals surface area contributed by atoms with E-state index in [2.05, 4.69) is 28.1 Å². The summed E-state index contributed by atoms with van der Waals surface area (Å²) in [6.45, 7) is 4.69. The molecule has 4 saturated carbocycles. The first-order chi connectivity index (χ1) is 16.9. The molecule has 2 unspecified atom stereocenters. The highest BCUT2D eigenvalue weighted by Crippen LogP contribution is 2.55. The van der Waals surface area contributed by atoms with Crippen LogP contribution in [-0.4, -0.2) is 53.3 Å². The van der Waals surface area contributed by atoms with E-state index in [1.807, 2.05) is 36.4 Å². The molecule has 5 fully saturated rings. The van der Waals surface area contributed by atoms with E-state index in [9.17, 15) is 9.90 Å². The quantitative estimate of drug-likeness (QED) is 0.711. The Morgan fingerprint density at radius 2 is 1.86 bits per heavy atom. The minimum Gasteiger partial charge on any atom is -0.390 e. The summed E-state index contributed by atoms with van der Waals surface area (Å²) < 4.78 is 0. The molecule has 1 amide bonds. The molecule has 1 saturated heterocycles. The molecule has 7 heteroatoms. The molecule has 1 aromatic carbocycles. The second-order valence-electron chi connectivity index (χ2n) is 11.2. The third kappa shape index (κ3) is 4.14. The molecule has 35 heavy (non-hydrogen) atoms. The van der Waals surface area contributed by atoms with Gasteiger partial charge in [0.15, 0.2) is 0 Å². The number of pyridine rings is 1. The van der Waals surface area contributed by atoms with E-state index in [1.165, 1.54) is 0 Å². The third-order valence-corrected chi connectivity index (χ3v) is 8.79. The van der Waals surface area contributed by atoms with E-state index >= 15 is 0 Å². The molecule has 2 heterocycles. The predicted molar refractivity (Wildman–Crippen MR) is 134 cm³/mol. The zero-order valence-corrected chi connectivity index (χ0v) is 20.2. The van der Waals surface area contributed by atoms with Gasteiger partial charge in [0.2, 0.25) is 0 Å². The van der Waals surface area contributed by atoms with Crippen LogP contribution in [0.4, 0.5) is 11.5 Å². The van der Waals surface area contributed by atoms with Gasteiger partial charge in [-0.05, 0) is 93.2 Å². The minimum absolute atomic E-state index is 0.0971. The van der Waals surface area contributed by atoms with Gasteiger partial charge in [-0.1, -0.05) is 6.07 Å². The van der Waals surface area contributed by atoms with Crippen LogP contribution in [-0.2, 0) is 0 Å². The van der Waals surface area contributed by atoms with Gasteiger partial charge in [0.1, 0.15) is 11.5 Å². The molecule has 1 aromatic heterocycles. The Kier molecular flexibility index (Phi) is 5.45. The van der Waals surface area contributed by atoms with E-state index in [0.29, 0.717) is 29.0 Å². The lowest BCUT2D eigenvalue weighted by atomic mass is 9.52. The number of hydrogen-bond donors (Lipinski definition) is 2. The third-order valence-electron chi connectivity index (χ3n) is 8.79. The summed E-state index contributed by atoms with van der Waals surface area (Å²) in [6, 6.07) is 16.0. The smallest absolute Gasteiger partial charge is 0.270 e. The molecule has 7 nitrogen and oxygen atoms in total. The molecule has 3 atom stereocenters. The second kappa shape index (κ2) is 8.53. The van der Waals surface area contributed by atoms with Crippen molar-refractivity contribution in [3.05, 3.63) is 53.7 Å². The molecule has 182 valence electrons. The number of rotatable bonds is 4. The van der Waals surface area contributed by atoms with Gasteiger partial charge in [0.05, 0.1) is 17.2 Å². The van der Waals surface area contributed by atoms with Crippen molar-refractivity contribution in [3.63, 3.8) is 0 Å². The molecule has 2 N–H and O–H groups in total. The van der Waals surface area contributed by atoms with Crippen molar-refractivity contribution in [2.24, 2.45) is 17.8 Å². The predicted octanol–water partition coefficient (Wildman–Crippen LogP) is 3.34. The Labute approximate surface area is 206 Å². The maximum absolute atomic E-state index is 13.2. The summed E-state index contributed by atoms with van der Waals surface area (Å²) in [6.07, 6.45) is 4.83. The SMILES string of the molecule is C[C@@H]1CN(c2ccc(C#N)cc2)CCN1c1cccc(C(=O)NC2C3CC4CC2CC(O)(C4)C3)n1. The topological polar surface area (TPSA) is 92.5 Å². The number of aliphatic hydroxyl groups is 1. The number of amides is 1. The van der Waals surface area contributed by atoms with Gasteiger partial charge in [-0.15, -0.1) is 0 Å². The van der Waals surface area contributed by atoms with Gasteiger partial charge < -0.3 is 20.2 Å². The molecule has 4 aliphatic carbocycles. The van der Waals surface area contributed by atoms with Gasteiger partial charge in [-0.2, -0.15) is 5.26 Å². The van der Waals surface area contributed by atoms with Crippen molar-refractivity contribution >= 4 is 17.4 Å². The monoisotopic (exact) mass is 471 g/mol. The van der Waals surface area contributed by atoms with Gasteiger partial charge in [0, 0.05) is 37.4 Å². The second-order valence-corrected chi connectivity index (χ2v) is 11.2. The number of carbonyl (C=O) groups is 1. The number of nitrogens with one attached hydrogen (secondary N) is 1. The van der Waals surface area contributed by atoms with E-state index < -0.39 is 5.60 Å². The first kappa shape index (κ1) is 22.4. The van der Waals surface area contributed by atoms with Gasteiger partial charge >= 0.3 is 0 Å². The van der Waals surface area contributed by atoms with E-state index in [-0.39, 0.29) is 18.0 Å². The largest absolute Gasteiger partial charge is 0.390 e. The van der Waals surface area contributed by atoms with Crippen LogP contribution in [0.2, 0.25) is 0 Å². The normalized spacial score (nSPS) is 33.5. The Morgan fingerprint density at radius 1 is 1.11 bits per heavy atom. The molecule has 7 rings (SSSR count). The molecule has 2 aromatic rings. The lowest BCUT2D eigenvalue weighted by Gasteiger charge is -2.58. The Morgan fingerprint density at radius 3 is 2.51 bits per heavy atom. The van der Waals surface area contributed by atoms with Crippen LogP contribution in [0, 0.1) is 29.1 Å². The lowest BCUT2D eigenvalue weighted by molar-refractivity contribution is -0.136. The van der Waals surface area contributed by atoms with Crippen LogP contribution in [0.1, 0.15) is 55.1 Å². The van der Waals surface area contributed by atoms with Crippen LogP contribution in [0.5, 0.6) is 0 Å². The summed E-state index contributed by atoms with van der Waals surface area (Å²) in [4.78, 5) is 22.6. The highest BCUT2D eigenvalue weighted by atomic mass is 16.3. The summed E-state index contributed by atoms with van der Waals surface area (Å²) >= 11 is 0. The summed E-state index contributed by atoms with van der Waals surface area (Å²) in [7, 11) is 0. The fourth-order valence-electron chi connectivity index (χ4n) is 7.43. The van der Waals surface area contributed by atoms with Crippen LogP contribution < -0.4 is 15.1 Å². The van der Waals surface area contributed by atoms with E-state index in [4.69, 9.17) is 10.2 Å². The van der Waals surface area contributed by atoms with Crippen molar-refractivity contribution < 1.29 is 9.90 Å².